The average Bonchev–Trinajstić information content (AvgIpc) is 3.23. The number of likely N-dealkylation sites (tertiary alicyclic amines) is 1. The van der Waals surface area contributed by atoms with E-state index in [1.54, 1.807) is 0 Å². The zero-order valence-electron chi connectivity index (χ0n) is 11.9. The SMILES string of the molecule is COC(=O)NC1CC(CC(O)C2CC2)CN(CC#N)C1. The monoisotopic (exact) mass is 281 g/mol. The highest BCUT2D eigenvalue weighted by Gasteiger charge is 2.34. The van der Waals surface area contributed by atoms with Crippen LogP contribution >= 0.6 is 0 Å². The first-order valence-corrected chi connectivity index (χ1v) is 7.24. The van der Waals surface area contributed by atoms with Gasteiger partial charge in [-0.2, -0.15) is 5.26 Å². The van der Waals surface area contributed by atoms with Crippen LogP contribution in [0.25, 0.3) is 0 Å². The van der Waals surface area contributed by atoms with Crippen molar-refractivity contribution < 1.29 is 14.6 Å². The molecule has 3 atom stereocenters. The predicted molar refractivity (Wildman–Crippen MR) is 72.8 cm³/mol. The van der Waals surface area contributed by atoms with Gasteiger partial charge in [-0.3, -0.25) is 4.90 Å². The van der Waals surface area contributed by atoms with Crippen molar-refractivity contribution in [2.24, 2.45) is 11.8 Å². The standard InChI is InChI=1S/C14H23N3O3/c1-20-14(19)16-12-6-10(7-13(18)11-2-3-11)8-17(9-12)5-4-15/h10-13,18H,2-3,5-9H2,1H3,(H,16,19). The van der Waals surface area contributed by atoms with E-state index in [1.807, 2.05) is 4.90 Å². The summed E-state index contributed by atoms with van der Waals surface area (Å²) < 4.78 is 4.63. The lowest BCUT2D eigenvalue weighted by Crippen LogP contribution is -2.51. The zero-order valence-corrected chi connectivity index (χ0v) is 11.9. The molecule has 1 aliphatic carbocycles. The van der Waals surface area contributed by atoms with Gasteiger partial charge in [-0.05, 0) is 37.5 Å². The Morgan fingerprint density at radius 2 is 2.30 bits per heavy atom. The Balaban J connectivity index is 1.89. The van der Waals surface area contributed by atoms with Crippen molar-refractivity contribution in [3.63, 3.8) is 0 Å². The van der Waals surface area contributed by atoms with Crippen LogP contribution < -0.4 is 5.32 Å². The van der Waals surface area contributed by atoms with Gasteiger partial charge >= 0.3 is 6.09 Å². The van der Waals surface area contributed by atoms with E-state index in [1.165, 1.54) is 7.11 Å². The molecule has 1 amide bonds. The van der Waals surface area contributed by atoms with Crippen LogP contribution in [-0.4, -0.2) is 55.0 Å². The average molecular weight is 281 g/mol. The number of nitrogens with one attached hydrogen (secondary N) is 1. The second-order valence-corrected chi connectivity index (χ2v) is 5.93. The second kappa shape index (κ2) is 6.91. The highest BCUT2D eigenvalue weighted by atomic mass is 16.5. The van der Waals surface area contributed by atoms with Gasteiger partial charge in [0.15, 0.2) is 0 Å². The van der Waals surface area contributed by atoms with E-state index in [0.29, 0.717) is 24.9 Å². The number of alkyl carbamates (subject to hydrolysis) is 1. The number of hydrogen-bond donors (Lipinski definition) is 2. The molecule has 0 bridgehead atoms. The number of rotatable bonds is 5. The molecule has 2 fully saturated rings. The molecule has 2 aliphatic rings. The van der Waals surface area contributed by atoms with Crippen LogP contribution in [0, 0.1) is 23.2 Å². The van der Waals surface area contributed by atoms with E-state index in [0.717, 1.165) is 32.2 Å². The molecule has 0 aromatic carbocycles. The van der Waals surface area contributed by atoms with Crippen molar-refractivity contribution in [3.8, 4) is 6.07 Å². The fraction of sp³-hybridized carbons (Fsp3) is 0.857. The number of nitriles is 1. The van der Waals surface area contributed by atoms with Gasteiger partial charge in [-0.1, -0.05) is 0 Å². The minimum Gasteiger partial charge on any atom is -0.453 e. The molecule has 20 heavy (non-hydrogen) atoms. The Morgan fingerprint density at radius 1 is 1.55 bits per heavy atom. The highest BCUT2D eigenvalue weighted by Crippen LogP contribution is 2.36. The number of nitrogens with zero attached hydrogens (tertiary/aromatic N) is 2. The predicted octanol–water partition coefficient (Wildman–Crippen LogP) is 0.717. The quantitative estimate of drug-likeness (QED) is 0.725. The molecule has 3 unspecified atom stereocenters. The molecule has 0 radical (unpaired) electrons. The number of aliphatic hydroxyl groups is 1. The third-order valence-corrected chi connectivity index (χ3v) is 4.16. The van der Waals surface area contributed by atoms with Gasteiger partial charge in [-0.25, -0.2) is 4.79 Å². The summed E-state index contributed by atoms with van der Waals surface area (Å²) in [5, 5.41) is 21.7. The fourth-order valence-corrected chi connectivity index (χ4v) is 3.05. The first kappa shape index (κ1) is 15.1. The maximum atomic E-state index is 11.3. The number of aliphatic hydroxyl groups excluding tert-OH is 1. The van der Waals surface area contributed by atoms with Crippen LogP contribution in [0.4, 0.5) is 4.79 Å². The number of piperidine rings is 1. The van der Waals surface area contributed by atoms with Gasteiger partial charge in [0.05, 0.1) is 25.8 Å². The number of amides is 1. The zero-order chi connectivity index (χ0) is 14.5. The molecule has 2 rings (SSSR count). The molecule has 1 aliphatic heterocycles. The maximum absolute atomic E-state index is 11.3. The van der Waals surface area contributed by atoms with E-state index in [2.05, 4.69) is 16.1 Å². The van der Waals surface area contributed by atoms with Gasteiger partial charge in [0.2, 0.25) is 0 Å². The summed E-state index contributed by atoms with van der Waals surface area (Å²) in [6.07, 6.45) is 3.17. The molecular formula is C14H23N3O3. The molecule has 112 valence electrons. The fourth-order valence-electron chi connectivity index (χ4n) is 3.05. The van der Waals surface area contributed by atoms with E-state index < -0.39 is 6.09 Å². The Morgan fingerprint density at radius 3 is 2.90 bits per heavy atom. The number of carbonyl (C=O) groups is 1. The molecule has 1 saturated carbocycles. The van der Waals surface area contributed by atoms with Gasteiger partial charge in [0, 0.05) is 19.1 Å². The minimum atomic E-state index is -0.435. The van der Waals surface area contributed by atoms with Crippen molar-refractivity contribution in [3.05, 3.63) is 0 Å². The molecule has 1 heterocycles. The summed E-state index contributed by atoms with van der Waals surface area (Å²) >= 11 is 0. The van der Waals surface area contributed by atoms with Crippen LogP contribution in [0.2, 0.25) is 0 Å². The van der Waals surface area contributed by atoms with Crippen molar-refractivity contribution in [2.45, 2.75) is 37.8 Å². The van der Waals surface area contributed by atoms with Crippen molar-refractivity contribution in [2.75, 3.05) is 26.7 Å². The molecule has 6 heteroatoms. The first-order chi connectivity index (χ1) is 9.62. The highest BCUT2D eigenvalue weighted by molar-refractivity contribution is 5.67. The Labute approximate surface area is 119 Å². The van der Waals surface area contributed by atoms with Gasteiger partial charge in [-0.15, -0.1) is 0 Å². The van der Waals surface area contributed by atoms with Crippen LogP contribution in [0.5, 0.6) is 0 Å². The van der Waals surface area contributed by atoms with Crippen LogP contribution in [0.15, 0.2) is 0 Å². The maximum Gasteiger partial charge on any atom is 0.407 e. The van der Waals surface area contributed by atoms with Gasteiger partial charge < -0.3 is 15.2 Å². The third-order valence-electron chi connectivity index (χ3n) is 4.16. The van der Waals surface area contributed by atoms with Gasteiger partial charge in [0.25, 0.3) is 0 Å². The van der Waals surface area contributed by atoms with Crippen molar-refractivity contribution in [1.82, 2.24) is 10.2 Å². The van der Waals surface area contributed by atoms with Gasteiger partial charge in [0.1, 0.15) is 0 Å². The van der Waals surface area contributed by atoms with Crippen LogP contribution in [0.3, 0.4) is 0 Å². The van der Waals surface area contributed by atoms with Crippen LogP contribution in [0.1, 0.15) is 25.7 Å². The topological polar surface area (TPSA) is 85.6 Å². The number of carbonyl (C=O) groups excluding carboxylic acids is 1. The Kier molecular flexibility index (Phi) is 5.21. The molecule has 1 saturated heterocycles. The minimum absolute atomic E-state index is 0.0130. The molecule has 0 aromatic rings. The largest absolute Gasteiger partial charge is 0.453 e. The summed E-state index contributed by atoms with van der Waals surface area (Å²) in [5.41, 5.74) is 0. The third kappa shape index (κ3) is 4.36. The summed E-state index contributed by atoms with van der Waals surface area (Å²) in [7, 11) is 1.35. The number of hydrogen-bond acceptors (Lipinski definition) is 5. The van der Waals surface area contributed by atoms with Crippen molar-refractivity contribution >= 4 is 6.09 Å². The van der Waals surface area contributed by atoms with E-state index in [-0.39, 0.29) is 12.1 Å². The van der Waals surface area contributed by atoms with E-state index in [4.69, 9.17) is 5.26 Å². The number of methoxy groups -OCH3 is 1. The summed E-state index contributed by atoms with van der Waals surface area (Å²) in [5.74, 6) is 0.781. The normalized spacial score (nSPS) is 28.4. The lowest BCUT2D eigenvalue weighted by molar-refractivity contribution is 0.0781. The molecule has 2 N–H and O–H groups in total. The van der Waals surface area contributed by atoms with Crippen molar-refractivity contribution in [1.29, 1.82) is 5.26 Å². The summed E-state index contributed by atoms with van der Waals surface area (Å²) in [6.45, 7) is 1.84. The molecule has 6 nitrogen and oxygen atoms in total. The molecular weight excluding hydrogens is 258 g/mol. The smallest absolute Gasteiger partial charge is 0.407 e. The van der Waals surface area contributed by atoms with Crippen LogP contribution in [-0.2, 0) is 4.74 Å². The number of ether oxygens (including phenoxy) is 1. The first-order valence-electron chi connectivity index (χ1n) is 7.24. The summed E-state index contributed by atoms with van der Waals surface area (Å²) in [4.78, 5) is 13.4. The summed E-state index contributed by atoms with van der Waals surface area (Å²) in [6, 6.07) is 2.14. The molecule has 0 aromatic heterocycles. The van der Waals surface area contributed by atoms with E-state index >= 15 is 0 Å². The Bertz CT molecular complexity index is 378. The molecule has 0 spiro atoms. The van der Waals surface area contributed by atoms with E-state index in [9.17, 15) is 9.90 Å². The second-order valence-electron chi connectivity index (χ2n) is 5.93. The lowest BCUT2D eigenvalue weighted by atomic mass is 9.88. The lowest BCUT2D eigenvalue weighted by Gasteiger charge is -2.37. The Hall–Kier alpha value is -1.32.